The van der Waals surface area contributed by atoms with Crippen molar-refractivity contribution in [3.8, 4) is 0 Å². The number of hydrogen-bond donors (Lipinski definition) is 0. The van der Waals surface area contributed by atoms with Crippen molar-refractivity contribution in [2.75, 3.05) is 39.3 Å². The Kier molecular flexibility index (Phi) is 3.55. The molecule has 4 aliphatic heterocycles. The number of fused-ring (bicyclic) bond motifs is 2. The predicted octanol–water partition coefficient (Wildman–Crippen LogP) is 1.78. The van der Waals surface area contributed by atoms with Gasteiger partial charge >= 0.3 is 0 Å². The lowest BCUT2D eigenvalue weighted by Crippen LogP contribution is -2.59. The standard InChI is InChI=1S/C16H29N3/c1-3-8-17-11-12-19(13-14(17)5-1)16-7-10-18-9-4-2-6-15(16)18/h14-16H,1-13H2. The molecule has 3 heteroatoms. The molecule has 0 saturated carbocycles. The average molecular weight is 263 g/mol. The van der Waals surface area contributed by atoms with Crippen LogP contribution in [0.15, 0.2) is 0 Å². The Balaban J connectivity index is 1.42. The fourth-order valence-electron chi connectivity index (χ4n) is 5.13. The summed E-state index contributed by atoms with van der Waals surface area (Å²) in [6.45, 7) is 8.18. The van der Waals surface area contributed by atoms with Gasteiger partial charge in [0.15, 0.2) is 0 Å². The van der Waals surface area contributed by atoms with Crippen molar-refractivity contribution < 1.29 is 0 Å². The lowest BCUT2D eigenvalue weighted by molar-refractivity contribution is 0.0139. The number of hydrogen-bond acceptors (Lipinski definition) is 3. The second-order valence-corrected chi connectivity index (χ2v) is 7.14. The maximum atomic E-state index is 2.88. The molecule has 0 bridgehead atoms. The van der Waals surface area contributed by atoms with E-state index in [2.05, 4.69) is 14.7 Å². The third-order valence-corrected chi connectivity index (χ3v) is 6.16. The van der Waals surface area contributed by atoms with E-state index in [0.29, 0.717) is 0 Å². The van der Waals surface area contributed by atoms with Crippen LogP contribution in [0.5, 0.6) is 0 Å². The Hall–Kier alpha value is -0.120. The zero-order valence-electron chi connectivity index (χ0n) is 12.3. The highest BCUT2D eigenvalue weighted by Crippen LogP contribution is 2.32. The summed E-state index contributed by atoms with van der Waals surface area (Å²) in [6.07, 6.45) is 10.2. The molecule has 3 nitrogen and oxygen atoms in total. The van der Waals surface area contributed by atoms with Crippen molar-refractivity contribution >= 4 is 0 Å². The quantitative estimate of drug-likeness (QED) is 0.714. The minimum Gasteiger partial charge on any atom is -0.299 e. The molecule has 4 aliphatic rings. The fraction of sp³-hybridized carbons (Fsp3) is 1.00. The Morgan fingerprint density at radius 1 is 0.526 bits per heavy atom. The molecule has 108 valence electrons. The molecule has 4 fully saturated rings. The molecule has 0 spiro atoms. The van der Waals surface area contributed by atoms with Crippen LogP contribution < -0.4 is 0 Å². The first-order chi connectivity index (χ1) is 9.42. The minimum atomic E-state index is 0.889. The van der Waals surface area contributed by atoms with E-state index >= 15 is 0 Å². The molecule has 0 N–H and O–H groups in total. The van der Waals surface area contributed by atoms with Crippen molar-refractivity contribution in [3.05, 3.63) is 0 Å². The second-order valence-electron chi connectivity index (χ2n) is 7.14. The Labute approximate surface area is 117 Å². The van der Waals surface area contributed by atoms with E-state index in [4.69, 9.17) is 0 Å². The molecule has 4 rings (SSSR count). The summed E-state index contributed by atoms with van der Waals surface area (Å²) in [7, 11) is 0. The smallest absolute Gasteiger partial charge is 0.0264 e. The van der Waals surface area contributed by atoms with Crippen molar-refractivity contribution in [2.45, 2.75) is 63.1 Å². The van der Waals surface area contributed by atoms with Gasteiger partial charge in [-0.15, -0.1) is 0 Å². The largest absolute Gasteiger partial charge is 0.299 e. The molecule has 0 aromatic carbocycles. The van der Waals surface area contributed by atoms with Crippen molar-refractivity contribution in [1.29, 1.82) is 0 Å². The highest BCUT2D eigenvalue weighted by molar-refractivity contribution is 4.98. The molecule has 0 amide bonds. The first-order valence-corrected chi connectivity index (χ1v) is 8.64. The van der Waals surface area contributed by atoms with Crippen LogP contribution in [0.3, 0.4) is 0 Å². The van der Waals surface area contributed by atoms with E-state index in [0.717, 1.165) is 18.1 Å². The third kappa shape index (κ3) is 2.34. The zero-order chi connectivity index (χ0) is 12.7. The van der Waals surface area contributed by atoms with Crippen LogP contribution in [0.4, 0.5) is 0 Å². The molecule has 4 heterocycles. The van der Waals surface area contributed by atoms with Crippen molar-refractivity contribution in [2.24, 2.45) is 0 Å². The van der Waals surface area contributed by atoms with Crippen LogP contribution in [0.2, 0.25) is 0 Å². The van der Waals surface area contributed by atoms with Crippen LogP contribution in [-0.2, 0) is 0 Å². The van der Waals surface area contributed by atoms with Gasteiger partial charge in [-0.3, -0.25) is 14.7 Å². The topological polar surface area (TPSA) is 9.72 Å². The first kappa shape index (κ1) is 12.6. The molecular weight excluding hydrogens is 234 g/mol. The fourth-order valence-corrected chi connectivity index (χ4v) is 5.13. The van der Waals surface area contributed by atoms with Crippen LogP contribution in [0.1, 0.15) is 44.9 Å². The molecular formula is C16H29N3. The molecule has 0 radical (unpaired) electrons. The second kappa shape index (κ2) is 5.34. The monoisotopic (exact) mass is 263 g/mol. The van der Waals surface area contributed by atoms with Gasteiger partial charge in [-0.2, -0.15) is 0 Å². The lowest BCUT2D eigenvalue weighted by atomic mass is 9.94. The van der Waals surface area contributed by atoms with E-state index in [-0.39, 0.29) is 0 Å². The maximum Gasteiger partial charge on any atom is 0.0264 e. The molecule has 0 aromatic rings. The molecule has 19 heavy (non-hydrogen) atoms. The lowest BCUT2D eigenvalue weighted by Gasteiger charge is -2.47. The third-order valence-electron chi connectivity index (χ3n) is 6.16. The van der Waals surface area contributed by atoms with Gasteiger partial charge in [0.1, 0.15) is 0 Å². The van der Waals surface area contributed by atoms with E-state index < -0.39 is 0 Å². The van der Waals surface area contributed by atoms with Crippen LogP contribution in [0.25, 0.3) is 0 Å². The summed E-state index contributed by atoms with van der Waals surface area (Å²) >= 11 is 0. The average Bonchev–Trinajstić information content (AvgIpc) is 2.91. The van der Waals surface area contributed by atoms with Gasteiger partial charge in [0.2, 0.25) is 0 Å². The summed E-state index contributed by atoms with van der Waals surface area (Å²) in [5.74, 6) is 0. The number of piperidine rings is 2. The number of nitrogens with zero attached hydrogens (tertiary/aromatic N) is 3. The summed E-state index contributed by atoms with van der Waals surface area (Å²) in [5.41, 5.74) is 0. The Morgan fingerprint density at radius 3 is 2.21 bits per heavy atom. The molecule has 3 atom stereocenters. The van der Waals surface area contributed by atoms with E-state index in [1.807, 2.05) is 0 Å². The maximum absolute atomic E-state index is 2.88. The predicted molar refractivity (Wildman–Crippen MR) is 78.4 cm³/mol. The number of piperazine rings is 1. The van der Waals surface area contributed by atoms with E-state index in [9.17, 15) is 0 Å². The summed E-state index contributed by atoms with van der Waals surface area (Å²) < 4.78 is 0. The molecule has 4 saturated heterocycles. The van der Waals surface area contributed by atoms with Crippen molar-refractivity contribution in [3.63, 3.8) is 0 Å². The highest BCUT2D eigenvalue weighted by Gasteiger charge is 2.41. The van der Waals surface area contributed by atoms with Gasteiger partial charge < -0.3 is 0 Å². The van der Waals surface area contributed by atoms with Gasteiger partial charge in [-0.05, 0) is 45.2 Å². The minimum absolute atomic E-state index is 0.889. The summed E-state index contributed by atoms with van der Waals surface area (Å²) in [4.78, 5) is 8.44. The SMILES string of the molecule is C1CCN2CCN(C3CCN4CCCCC34)CC2C1. The van der Waals surface area contributed by atoms with E-state index in [1.165, 1.54) is 84.2 Å². The zero-order valence-corrected chi connectivity index (χ0v) is 12.3. The number of rotatable bonds is 1. The van der Waals surface area contributed by atoms with Gasteiger partial charge in [0, 0.05) is 44.3 Å². The van der Waals surface area contributed by atoms with Gasteiger partial charge in [-0.25, -0.2) is 0 Å². The summed E-state index contributed by atoms with van der Waals surface area (Å²) in [6, 6.07) is 2.69. The Morgan fingerprint density at radius 2 is 1.26 bits per heavy atom. The molecule has 0 aromatic heterocycles. The van der Waals surface area contributed by atoms with Gasteiger partial charge in [-0.1, -0.05) is 12.8 Å². The van der Waals surface area contributed by atoms with E-state index in [1.54, 1.807) is 0 Å². The molecule has 0 aliphatic carbocycles. The van der Waals surface area contributed by atoms with Crippen LogP contribution in [-0.4, -0.2) is 72.1 Å². The van der Waals surface area contributed by atoms with Crippen LogP contribution >= 0.6 is 0 Å². The summed E-state index contributed by atoms with van der Waals surface area (Å²) in [5, 5.41) is 0. The van der Waals surface area contributed by atoms with Crippen molar-refractivity contribution in [1.82, 2.24) is 14.7 Å². The normalized spacial score (nSPS) is 42.0. The van der Waals surface area contributed by atoms with Crippen LogP contribution in [0, 0.1) is 0 Å². The first-order valence-electron chi connectivity index (χ1n) is 8.64. The van der Waals surface area contributed by atoms with Gasteiger partial charge in [0.25, 0.3) is 0 Å². The Bertz CT molecular complexity index is 319. The highest BCUT2D eigenvalue weighted by atomic mass is 15.3. The van der Waals surface area contributed by atoms with Gasteiger partial charge in [0.05, 0.1) is 0 Å². The molecule has 3 unspecified atom stereocenters.